The number of para-hydroxylation sites is 1. The Labute approximate surface area is 153 Å². The number of imide groups is 1. The number of benzene rings is 1. The lowest BCUT2D eigenvalue weighted by atomic mass is 10.1. The molecule has 15 heteroatoms. The minimum absolute atomic E-state index is 0.175. The Hall–Kier alpha value is -2.78. The minimum atomic E-state index is -5.51. The van der Waals surface area contributed by atoms with Gasteiger partial charge in [-0.1, -0.05) is 29.5 Å². The standard InChI is InChI=1S/C12H9F3N6O4S2/c13-12(14,15)11(20-27(24,25)10-19-18-8(16)26-10)7(22)21(9(23)17-11)6-4-2-1-3-5-6/h1-5,20H,(H2,16,18)(H,17,23). The van der Waals surface area contributed by atoms with Crippen molar-refractivity contribution in [3.05, 3.63) is 30.3 Å². The second-order valence-corrected chi connectivity index (χ2v) is 8.03. The third-order valence-electron chi connectivity index (χ3n) is 3.40. The molecule has 0 bridgehead atoms. The summed E-state index contributed by atoms with van der Waals surface area (Å²) in [5, 5.41) is 7.42. The zero-order valence-corrected chi connectivity index (χ0v) is 14.5. The lowest BCUT2D eigenvalue weighted by Gasteiger charge is -2.28. The largest absolute Gasteiger partial charge is 0.435 e. The van der Waals surface area contributed by atoms with Crippen LogP contribution in [0.15, 0.2) is 34.7 Å². The van der Waals surface area contributed by atoms with E-state index >= 15 is 0 Å². The van der Waals surface area contributed by atoms with E-state index in [0.717, 1.165) is 0 Å². The van der Waals surface area contributed by atoms with Crippen LogP contribution >= 0.6 is 11.3 Å². The number of carbonyl (C=O) groups excluding carboxylic acids is 2. The van der Waals surface area contributed by atoms with E-state index < -0.39 is 38.1 Å². The van der Waals surface area contributed by atoms with Gasteiger partial charge in [0, 0.05) is 0 Å². The van der Waals surface area contributed by atoms with Crippen LogP contribution in [0, 0.1) is 0 Å². The molecule has 2 aromatic rings. The van der Waals surface area contributed by atoms with Gasteiger partial charge in [0.05, 0.1) is 5.69 Å². The Morgan fingerprint density at radius 3 is 2.33 bits per heavy atom. The Kier molecular flexibility index (Phi) is 4.32. The maximum absolute atomic E-state index is 13.7. The van der Waals surface area contributed by atoms with Gasteiger partial charge in [-0.2, -0.15) is 17.9 Å². The highest BCUT2D eigenvalue weighted by atomic mass is 32.2. The fourth-order valence-corrected chi connectivity index (χ4v) is 4.29. The molecule has 0 radical (unpaired) electrons. The molecule has 0 aliphatic carbocycles. The van der Waals surface area contributed by atoms with Gasteiger partial charge in [0.2, 0.25) is 9.47 Å². The van der Waals surface area contributed by atoms with Gasteiger partial charge in [-0.3, -0.25) is 4.79 Å². The Morgan fingerprint density at radius 1 is 1.19 bits per heavy atom. The third kappa shape index (κ3) is 3.08. The van der Waals surface area contributed by atoms with Gasteiger partial charge in [0.25, 0.3) is 21.6 Å². The van der Waals surface area contributed by atoms with Crippen molar-refractivity contribution in [2.45, 2.75) is 16.2 Å². The molecule has 0 saturated carbocycles. The molecule has 27 heavy (non-hydrogen) atoms. The van der Waals surface area contributed by atoms with Crippen LogP contribution in [0.5, 0.6) is 0 Å². The van der Waals surface area contributed by atoms with Crippen LogP contribution in [0.3, 0.4) is 0 Å². The van der Waals surface area contributed by atoms with Crippen LogP contribution in [0.2, 0.25) is 0 Å². The van der Waals surface area contributed by atoms with Crippen molar-refractivity contribution < 1.29 is 31.2 Å². The molecule has 1 aromatic carbocycles. The summed E-state index contributed by atoms with van der Waals surface area (Å²) in [6.07, 6.45) is -5.51. The lowest BCUT2D eigenvalue weighted by Crippen LogP contribution is -2.69. The van der Waals surface area contributed by atoms with E-state index in [4.69, 9.17) is 5.73 Å². The maximum atomic E-state index is 13.7. The molecular weight excluding hydrogens is 413 g/mol. The first-order valence-corrected chi connectivity index (χ1v) is 9.19. The molecular formula is C12H9F3N6O4S2. The molecule has 2 heterocycles. The highest BCUT2D eigenvalue weighted by Gasteiger charge is 2.70. The van der Waals surface area contributed by atoms with Crippen molar-refractivity contribution >= 4 is 44.1 Å². The van der Waals surface area contributed by atoms with Gasteiger partial charge in [0.1, 0.15) is 0 Å². The quantitative estimate of drug-likeness (QED) is 0.605. The highest BCUT2D eigenvalue weighted by molar-refractivity contribution is 7.91. The van der Waals surface area contributed by atoms with Gasteiger partial charge in [-0.15, -0.1) is 10.2 Å². The summed E-state index contributed by atoms with van der Waals surface area (Å²) in [6, 6.07) is 5.26. The van der Waals surface area contributed by atoms with Crippen LogP contribution < -0.4 is 20.7 Å². The number of urea groups is 1. The average Bonchev–Trinajstić information content (AvgIpc) is 3.11. The molecule has 4 N–H and O–H groups in total. The van der Waals surface area contributed by atoms with Crippen molar-refractivity contribution in [2.24, 2.45) is 0 Å². The van der Waals surface area contributed by atoms with Crippen molar-refractivity contribution in [1.29, 1.82) is 0 Å². The van der Waals surface area contributed by atoms with E-state index in [0.29, 0.717) is 0 Å². The third-order valence-corrected chi connectivity index (χ3v) is 5.97. The van der Waals surface area contributed by atoms with E-state index in [2.05, 4.69) is 10.2 Å². The monoisotopic (exact) mass is 422 g/mol. The van der Waals surface area contributed by atoms with Crippen LogP contribution in [-0.2, 0) is 14.8 Å². The smallest absolute Gasteiger partial charge is 0.374 e. The summed E-state index contributed by atoms with van der Waals surface area (Å²) in [7, 11) is -4.99. The number of sulfonamides is 1. The van der Waals surface area contributed by atoms with Crippen molar-refractivity contribution in [2.75, 3.05) is 10.6 Å². The van der Waals surface area contributed by atoms with Crippen LogP contribution in [0.1, 0.15) is 0 Å². The molecule has 0 spiro atoms. The van der Waals surface area contributed by atoms with Crippen molar-refractivity contribution in [1.82, 2.24) is 20.2 Å². The van der Waals surface area contributed by atoms with Crippen LogP contribution in [-0.4, -0.2) is 42.4 Å². The Balaban J connectivity index is 2.07. The van der Waals surface area contributed by atoms with Crippen molar-refractivity contribution in [3.63, 3.8) is 0 Å². The van der Waals surface area contributed by atoms with Gasteiger partial charge in [0.15, 0.2) is 0 Å². The summed E-state index contributed by atoms with van der Waals surface area (Å²) >= 11 is 0.287. The molecule has 1 aromatic heterocycles. The topological polar surface area (TPSA) is 147 Å². The van der Waals surface area contributed by atoms with E-state index in [1.807, 2.05) is 0 Å². The molecule has 144 valence electrons. The normalized spacial score (nSPS) is 20.8. The van der Waals surface area contributed by atoms with Gasteiger partial charge in [-0.05, 0) is 12.1 Å². The molecule has 10 nitrogen and oxygen atoms in total. The van der Waals surface area contributed by atoms with E-state index in [1.165, 1.54) is 40.4 Å². The van der Waals surface area contributed by atoms with Crippen molar-refractivity contribution in [3.8, 4) is 0 Å². The van der Waals surface area contributed by atoms with Gasteiger partial charge < -0.3 is 11.1 Å². The number of anilines is 2. The van der Waals surface area contributed by atoms with Crippen LogP contribution in [0.25, 0.3) is 0 Å². The van der Waals surface area contributed by atoms with Gasteiger partial charge >= 0.3 is 12.2 Å². The molecule has 1 saturated heterocycles. The molecule has 1 unspecified atom stereocenters. The van der Waals surface area contributed by atoms with Crippen LogP contribution in [0.4, 0.5) is 28.8 Å². The fourth-order valence-electron chi connectivity index (χ4n) is 2.23. The zero-order valence-electron chi connectivity index (χ0n) is 12.9. The summed E-state index contributed by atoms with van der Waals surface area (Å²) < 4.78 is 66.0. The molecule has 3 amide bonds. The fraction of sp³-hybridized carbons (Fsp3) is 0.167. The maximum Gasteiger partial charge on any atom is 0.435 e. The lowest BCUT2D eigenvalue weighted by molar-refractivity contribution is -0.194. The number of hydrogen-bond acceptors (Lipinski definition) is 8. The first-order chi connectivity index (χ1) is 12.5. The number of alkyl halides is 3. The van der Waals surface area contributed by atoms with E-state index in [9.17, 15) is 31.2 Å². The van der Waals surface area contributed by atoms with Gasteiger partial charge in [-0.25, -0.2) is 18.1 Å². The summed E-state index contributed by atoms with van der Waals surface area (Å²) in [6.45, 7) is 0. The number of amides is 3. The van der Waals surface area contributed by atoms with E-state index in [1.54, 1.807) is 0 Å². The number of nitrogens with one attached hydrogen (secondary N) is 2. The number of nitrogens with two attached hydrogens (primary N) is 1. The number of aromatic nitrogens is 2. The number of nitrogens with zero attached hydrogens (tertiary/aromatic N) is 3. The molecule has 1 atom stereocenters. The number of nitrogen functional groups attached to an aromatic ring is 1. The predicted molar refractivity (Wildman–Crippen MR) is 85.9 cm³/mol. The second-order valence-electron chi connectivity index (χ2n) is 5.17. The molecule has 3 rings (SSSR count). The highest BCUT2D eigenvalue weighted by Crippen LogP contribution is 2.37. The Morgan fingerprint density at radius 2 is 1.81 bits per heavy atom. The number of rotatable bonds is 4. The summed E-state index contributed by atoms with van der Waals surface area (Å²) in [5.41, 5.74) is 1.14. The molecule has 1 aliphatic rings. The van der Waals surface area contributed by atoms with E-state index in [-0.39, 0.29) is 27.1 Å². The minimum Gasteiger partial charge on any atom is -0.374 e. The average molecular weight is 422 g/mol. The molecule has 1 aliphatic heterocycles. The first-order valence-electron chi connectivity index (χ1n) is 6.89. The summed E-state index contributed by atoms with van der Waals surface area (Å²) in [5.74, 6) is -1.87. The summed E-state index contributed by atoms with van der Waals surface area (Å²) in [4.78, 5) is 24.8. The predicted octanol–water partition coefficient (Wildman–Crippen LogP) is 0.414. The second kappa shape index (κ2) is 6.14. The Bertz CT molecular complexity index is 1010. The first kappa shape index (κ1) is 19.0. The number of carbonyl (C=O) groups is 2. The number of halogens is 3. The molecule has 1 fully saturated rings. The SMILES string of the molecule is Nc1nnc(S(=O)(=O)NC2(C(F)(F)F)NC(=O)N(c3ccccc3)C2=O)s1. The number of hydrogen-bond donors (Lipinski definition) is 3. The zero-order chi connectivity index (χ0) is 20.0.